The molecular formula is C23H28N2O. The van der Waals surface area contributed by atoms with Gasteiger partial charge in [0.1, 0.15) is 0 Å². The predicted molar refractivity (Wildman–Crippen MR) is 108 cm³/mol. The molecule has 0 unspecified atom stereocenters. The number of hydrogen-bond donors (Lipinski definition) is 0. The van der Waals surface area contributed by atoms with E-state index >= 15 is 0 Å². The lowest BCUT2D eigenvalue weighted by atomic mass is 9.59. The highest BCUT2D eigenvalue weighted by atomic mass is 16.3. The standard InChI is InChI=1S/C23H28N2O/c1-14-6-8-17-18-9-7-15(2)24-21(18)26-20(17)19(14)25-16(3)22(4)10-12-23(25,5)13-11-22/h6-9,16H,10-13H2,1-5H3/t16-,22?,23?/m0/s1. The van der Waals surface area contributed by atoms with Gasteiger partial charge < -0.3 is 9.32 Å². The number of furan rings is 1. The number of aryl methyl sites for hydroxylation is 2. The molecule has 136 valence electrons. The minimum Gasteiger partial charge on any atom is -0.436 e. The highest BCUT2D eigenvalue weighted by Crippen LogP contribution is 2.56. The monoisotopic (exact) mass is 348 g/mol. The molecule has 1 aliphatic carbocycles. The van der Waals surface area contributed by atoms with E-state index in [1.165, 1.54) is 42.3 Å². The van der Waals surface area contributed by atoms with Crippen molar-refractivity contribution in [1.82, 2.24) is 4.98 Å². The summed E-state index contributed by atoms with van der Waals surface area (Å²) in [4.78, 5) is 7.34. The van der Waals surface area contributed by atoms with Gasteiger partial charge in [-0.15, -0.1) is 0 Å². The molecule has 0 amide bonds. The highest BCUT2D eigenvalue weighted by Gasteiger charge is 2.53. The lowest BCUT2D eigenvalue weighted by Gasteiger charge is -2.63. The zero-order valence-electron chi connectivity index (χ0n) is 16.5. The van der Waals surface area contributed by atoms with Gasteiger partial charge in [-0.1, -0.05) is 19.1 Å². The van der Waals surface area contributed by atoms with Crippen LogP contribution in [0.3, 0.4) is 0 Å². The Kier molecular flexibility index (Phi) is 3.12. The molecule has 4 heterocycles. The Hall–Kier alpha value is -2.03. The van der Waals surface area contributed by atoms with Crippen LogP contribution in [0.4, 0.5) is 5.69 Å². The number of benzene rings is 1. The Morgan fingerprint density at radius 2 is 1.69 bits per heavy atom. The quantitative estimate of drug-likeness (QED) is 0.528. The van der Waals surface area contributed by atoms with Crippen molar-refractivity contribution in [3.63, 3.8) is 0 Å². The van der Waals surface area contributed by atoms with Crippen LogP contribution in [-0.2, 0) is 0 Å². The summed E-state index contributed by atoms with van der Waals surface area (Å²) in [5.41, 5.74) is 5.99. The second kappa shape index (κ2) is 5.03. The fourth-order valence-corrected chi connectivity index (χ4v) is 5.46. The van der Waals surface area contributed by atoms with Crippen LogP contribution in [0.1, 0.15) is 57.7 Å². The number of rotatable bonds is 1. The molecule has 0 spiro atoms. The second-order valence-electron chi connectivity index (χ2n) is 9.21. The molecule has 26 heavy (non-hydrogen) atoms. The number of nitrogens with zero attached hydrogens (tertiary/aromatic N) is 2. The summed E-state index contributed by atoms with van der Waals surface area (Å²) in [6.45, 7) is 11.6. The summed E-state index contributed by atoms with van der Waals surface area (Å²) < 4.78 is 6.38. The second-order valence-corrected chi connectivity index (χ2v) is 9.21. The maximum atomic E-state index is 6.38. The van der Waals surface area contributed by atoms with E-state index in [1.54, 1.807) is 0 Å². The van der Waals surface area contributed by atoms with E-state index in [0.717, 1.165) is 22.4 Å². The van der Waals surface area contributed by atoms with Gasteiger partial charge in [-0.3, -0.25) is 0 Å². The minimum atomic E-state index is 0.221. The van der Waals surface area contributed by atoms with E-state index in [9.17, 15) is 0 Å². The molecule has 3 fully saturated rings. The van der Waals surface area contributed by atoms with Gasteiger partial charge in [0.2, 0.25) is 5.71 Å². The number of aromatic nitrogens is 1. The van der Waals surface area contributed by atoms with Crippen molar-refractivity contribution >= 4 is 27.8 Å². The van der Waals surface area contributed by atoms with Gasteiger partial charge in [-0.25, -0.2) is 4.98 Å². The zero-order chi connectivity index (χ0) is 18.3. The third-order valence-corrected chi connectivity index (χ3v) is 7.51. The molecule has 3 nitrogen and oxygen atoms in total. The van der Waals surface area contributed by atoms with Crippen molar-refractivity contribution in [1.29, 1.82) is 0 Å². The summed E-state index contributed by atoms with van der Waals surface area (Å²) in [5.74, 6) is 0. The minimum absolute atomic E-state index is 0.221. The number of anilines is 1. The predicted octanol–water partition coefficient (Wildman–Crippen LogP) is 6.15. The summed E-state index contributed by atoms with van der Waals surface area (Å²) in [6.07, 6.45) is 5.19. The molecule has 3 heteroatoms. The van der Waals surface area contributed by atoms with E-state index in [0.29, 0.717) is 11.5 Å². The molecule has 3 aliphatic rings. The number of piperidine rings is 2. The molecule has 2 saturated heterocycles. The van der Waals surface area contributed by atoms with Crippen LogP contribution in [0.25, 0.3) is 22.1 Å². The molecule has 0 N–H and O–H groups in total. The molecule has 3 aromatic rings. The van der Waals surface area contributed by atoms with E-state index < -0.39 is 0 Å². The van der Waals surface area contributed by atoms with Gasteiger partial charge >= 0.3 is 0 Å². The topological polar surface area (TPSA) is 29.3 Å². The van der Waals surface area contributed by atoms with Gasteiger partial charge in [0.25, 0.3) is 0 Å². The molecular weight excluding hydrogens is 320 g/mol. The zero-order valence-corrected chi connectivity index (χ0v) is 16.5. The third-order valence-electron chi connectivity index (χ3n) is 7.51. The molecule has 2 aromatic heterocycles. The van der Waals surface area contributed by atoms with Gasteiger partial charge in [0.05, 0.1) is 5.69 Å². The van der Waals surface area contributed by atoms with Crippen molar-refractivity contribution in [3.05, 3.63) is 35.5 Å². The van der Waals surface area contributed by atoms with Crippen LogP contribution in [0.2, 0.25) is 0 Å². The number of fused-ring (bicyclic) bond motifs is 6. The average Bonchev–Trinajstić information content (AvgIpc) is 2.96. The summed E-state index contributed by atoms with van der Waals surface area (Å²) in [7, 11) is 0. The molecule has 6 rings (SSSR count). The first-order valence-electron chi connectivity index (χ1n) is 9.91. The van der Waals surface area contributed by atoms with E-state index in [4.69, 9.17) is 4.42 Å². The van der Waals surface area contributed by atoms with Crippen LogP contribution in [0, 0.1) is 19.3 Å². The highest BCUT2D eigenvalue weighted by molar-refractivity contribution is 6.08. The fourth-order valence-electron chi connectivity index (χ4n) is 5.46. The molecule has 0 radical (unpaired) electrons. The van der Waals surface area contributed by atoms with Gasteiger partial charge in [0, 0.05) is 28.0 Å². The van der Waals surface area contributed by atoms with Crippen LogP contribution < -0.4 is 4.90 Å². The fraction of sp³-hybridized carbons (Fsp3) is 0.522. The molecule has 1 atom stereocenters. The van der Waals surface area contributed by atoms with Crippen LogP contribution in [0.5, 0.6) is 0 Å². The smallest absolute Gasteiger partial charge is 0.227 e. The van der Waals surface area contributed by atoms with Gasteiger partial charge in [-0.05, 0) is 76.5 Å². The maximum Gasteiger partial charge on any atom is 0.227 e. The molecule has 2 bridgehead atoms. The van der Waals surface area contributed by atoms with Crippen LogP contribution in [-0.4, -0.2) is 16.6 Å². The van der Waals surface area contributed by atoms with E-state index in [-0.39, 0.29) is 5.54 Å². The first-order valence-corrected chi connectivity index (χ1v) is 9.91. The SMILES string of the molecule is Cc1ccc2c(n1)oc1c(N3[C@@H](C)C4(C)CCC3(C)CC4)c(C)ccc12. The Balaban J connectivity index is 1.81. The lowest BCUT2D eigenvalue weighted by Crippen LogP contribution is -2.65. The molecule has 1 saturated carbocycles. The van der Waals surface area contributed by atoms with E-state index in [1.807, 2.05) is 6.92 Å². The maximum absolute atomic E-state index is 6.38. The van der Waals surface area contributed by atoms with Crippen LogP contribution in [0.15, 0.2) is 28.7 Å². The lowest BCUT2D eigenvalue weighted by molar-refractivity contribution is 0.0510. The van der Waals surface area contributed by atoms with Crippen molar-refractivity contribution in [2.75, 3.05) is 4.90 Å². The first kappa shape index (κ1) is 16.2. The number of pyridine rings is 1. The summed E-state index contributed by atoms with van der Waals surface area (Å²) in [6, 6.07) is 9.20. The molecule has 1 aromatic carbocycles. The van der Waals surface area contributed by atoms with Crippen molar-refractivity contribution in [2.24, 2.45) is 5.41 Å². The Morgan fingerprint density at radius 3 is 2.42 bits per heavy atom. The van der Waals surface area contributed by atoms with Gasteiger partial charge in [-0.2, -0.15) is 0 Å². The summed E-state index contributed by atoms with van der Waals surface area (Å²) >= 11 is 0. The summed E-state index contributed by atoms with van der Waals surface area (Å²) in [5, 5.41) is 2.31. The van der Waals surface area contributed by atoms with Crippen LogP contribution >= 0.6 is 0 Å². The third kappa shape index (κ3) is 1.97. The average molecular weight is 348 g/mol. The van der Waals surface area contributed by atoms with E-state index in [2.05, 4.69) is 61.8 Å². The molecule has 2 aliphatic heterocycles. The first-order chi connectivity index (χ1) is 12.3. The van der Waals surface area contributed by atoms with Crippen molar-refractivity contribution in [2.45, 2.75) is 71.9 Å². The normalized spacial score (nSPS) is 31.3. The largest absolute Gasteiger partial charge is 0.436 e. The van der Waals surface area contributed by atoms with Gasteiger partial charge in [0.15, 0.2) is 5.58 Å². The Morgan fingerprint density at radius 1 is 1.00 bits per heavy atom. The Labute approximate surface area is 155 Å². The number of hydrogen-bond acceptors (Lipinski definition) is 3. The van der Waals surface area contributed by atoms with Crippen molar-refractivity contribution in [3.8, 4) is 0 Å². The van der Waals surface area contributed by atoms with Crippen molar-refractivity contribution < 1.29 is 4.42 Å². The Bertz CT molecular complexity index is 1020.